The van der Waals surface area contributed by atoms with Crippen LogP contribution in [-0.2, 0) is 10.0 Å². The second-order valence-corrected chi connectivity index (χ2v) is 6.71. The van der Waals surface area contributed by atoms with Gasteiger partial charge in [-0.3, -0.25) is 14.1 Å². The highest BCUT2D eigenvalue weighted by Crippen LogP contribution is 2.29. The molecular formula is C15H13N3O3S. The van der Waals surface area contributed by atoms with Gasteiger partial charge in [0.05, 0.1) is 16.9 Å². The summed E-state index contributed by atoms with van der Waals surface area (Å²) in [5, 5.41) is 0.771. The van der Waals surface area contributed by atoms with Gasteiger partial charge in [-0.25, -0.2) is 8.42 Å². The number of aldehydes is 1. The molecule has 3 rings (SSSR count). The predicted molar refractivity (Wildman–Crippen MR) is 83.5 cm³/mol. The number of hydrogen-bond acceptors (Lipinski definition) is 4. The number of nitrogens with one attached hydrogen (secondary N) is 1. The lowest BCUT2D eigenvalue weighted by atomic mass is 10.2. The third-order valence-corrected chi connectivity index (χ3v) is 5.17. The van der Waals surface area contributed by atoms with Gasteiger partial charge in [0.2, 0.25) is 0 Å². The Morgan fingerprint density at radius 1 is 1.23 bits per heavy atom. The van der Waals surface area contributed by atoms with E-state index >= 15 is 0 Å². The van der Waals surface area contributed by atoms with E-state index in [0.29, 0.717) is 23.2 Å². The first kappa shape index (κ1) is 14.3. The lowest BCUT2D eigenvalue weighted by molar-refractivity contribution is 0.112. The van der Waals surface area contributed by atoms with Gasteiger partial charge in [-0.05, 0) is 24.3 Å². The van der Waals surface area contributed by atoms with Crippen molar-refractivity contribution in [2.75, 3.05) is 11.4 Å². The third-order valence-electron chi connectivity index (χ3n) is 3.41. The van der Waals surface area contributed by atoms with Gasteiger partial charge < -0.3 is 4.98 Å². The summed E-state index contributed by atoms with van der Waals surface area (Å²) in [6.45, 7) is 0. The number of benzene rings is 1. The molecule has 0 aliphatic rings. The van der Waals surface area contributed by atoms with E-state index in [1.165, 1.54) is 29.8 Å². The predicted octanol–water partition coefficient (Wildman–Crippen LogP) is 2.20. The number of aromatic nitrogens is 2. The van der Waals surface area contributed by atoms with E-state index in [9.17, 15) is 13.2 Å². The summed E-state index contributed by atoms with van der Waals surface area (Å²) in [5.74, 6) is 0. The van der Waals surface area contributed by atoms with Gasteiger partial charge in [-0.2, -0.15) is 0 Å². The summed E-state index contributed by atoms with van der Waals surface area (Å²) in [6, 6.07) is 9.98. The molecule has 0 saturated carbocycles. The Hall–Kier alpha value is -2.67. The molecule has 1 N–H and O–H groups in total. The van der Waals surface area contributed by atoms with E-state index in [1.807, 2.05) is 6.07 Å². The Labute approximate surface area is 127 Å². The van der Waals surface area contributed by atoms with Crippen LogP contribution < -0.4 is 4.31 Å². The highest BCUT2D eigenvalue weighted by atomic mass is 32.2. The van der Waals surface area contributed by atoms with Gasteiger partial charge in [-0.1, -0.05) is 12.1 Å². The quantitative estimate of drug-likeness (QED) is 0.748. The molecule has 2 aromatic heterocycles. The number of pyridine rings is 1. The zero-order valence-corrected chi connectivity index (χ0v) is 12.5. The Morgan fingerprint density at radius 2 is 2.05 bits per heavy atom. The topological polar surface area (TPSA) is 83.1 Å². The minimum atomic E-state index is -3.72. The number of carbonyl (C=O) groups excluding carboxylic acids is 1. The van der Waals surface area contributed by atoms with Gasteiger partial charge in [0.1, 0.15) is 4.90 Å². The van der Waals surface area contributed by atoms with Crippen LogP contribution in [0.1, 0.15) is 10.5 Å². The molecule has 6 nitrogen and oxygen atoms in total. The fourth-order valence-electron chi connectivity index (χ4n) is 2.28. The van der Waals surface area contributed by atoms with Crippen molar-refractivity contribution >= 4 is 32.9 Å². The van der Waals surface area contributed by atoms with Crippen LogP contribution in [0.4, 0.5) is 5.69 Å². The first-order valence-electron chi connectivity index (χ1n) is 6.50. The maximum Gasteiger partial charge on any atom is 0.265 e. The summed E-state index contributed by atoms with van der Waals surface area (Å²) in [5.41, 5.74) is 1.46. The monoisotopic (exact) mass is 315 g/mol. The molecule has 0 saturated heterocycles. The van der Waals surface area contributed by atoms with E-state index in [1.54, 1.807) is 24.3 Å². The summed E-state index contributed by atoms with van der Waals surface area (Å²) >= 11 is 0. The lowest BCUT2D eigenvalue weighted by Crippen LogP contribution is -2.26. The number of fused-ring (bicyclic) bond motifs is 1. The number of H-pyrrole nitrogens is 1. The van der Waals surface area contributed by atoms with Crippen molar-refractivity contribution in [3.05, 3.63) is 54.5 Å². The van der Waals surface area contributed by atoms with Crippen LogP contribution in [0.5, 0.6) is 0 Å². The minimum Gasteiger partial charge on any atom is -0.351 e. The van der Waals surface area contributed by atoms with Crippen molar-refractivity contribution in [3.8, 4) is 0 Å². The first-order chi connectivity index (χ1) is 10.5. The van der Waals surface area contributed by atoms with Crippen LogP contribution in [0.15, 0.2) is 53.7 Å². The molecule has 2 heterocycles. The Bertz CT molecular complexity index is 933. The first-order valence-corrected chi connectivity index (χ1v) is 7.94. The molecule has 0 radical (unpaired) electrons. The number of hydrogen-bond donors (Lipinski definition) is 1. The average Bonchev–Trinajstić information content (AvgIpc) is 2.98. The highest BCUT2D eigenvalue weighted by Gasteiger charge is 2.23. The minimum absolute atomic E-state index is 0.108. The molecular weight excluding hydrogens is 302 g/mol. The molecule has 0 atom stereocenters. The van der Waals surface area contributed by atoms with Crippen LogP contribution in [-0.4, -0.2) is 31.7 Å². The summed E-state index contributed by atoms with van der Waals surface area (Å²) in [6.07, 6.45) is 3.51. The number of carbonyl (C=O) groups is 1. The third kappa shape index (κ3) is 2.25. The number of nitrogens with zero attached hydrogens (tertiary/aromatic N) is 2. The zero-order chi connectivity index (χ0) is 15.7. The Morgan fingerprint density at radius 3 is 2.73 bits per heavy atom. The molecule has 0 bridgehead atoms. The number of rotatable bonds is 4. The Kier molecular flexibility index (Phi) is 3.42. The molecule has 0 aliphatic carbocycles. The van der Waals surface area contributed by atoms with Crippen LogP contribution >= 0.6 is 0 Å². The fourth-order valence-corrected chi connectivity index (χ4v) is 3.45. The lowest BCUT2D eigenvalue weighted by Gasteiger charge is -2.20. The summed E-state index contributed by atoms with van der Waals surface area (Å²) < 4.78 is 26.5. The van der Waals surface area contributed by atoms with Crippen molar-refractivity contribution in [1.82, 2.24) is 9.97 Å². The molecule has 22 heavy (non-hydrogen) atoms. The molecule has 112 valence electrons. The van der Waals surface area contributed by atoms with E-state index in [-0.39, 0.29) is 4.90 Å². The maximum absolute atomic E-state index is 12.7. The molecule has 7 heteroatoms. The van der Waals surface area contributed by atoms with Crippen LogP contribution in [0, 0.1) is 0 Å². The maximum atomic E-state index is 12.7. The Balaban J connectivity index is 2.15. The van der Waals surface area contributed by atoms with Gasteiger partial charge in [0, 0.05) is 24.8 Å². The van der Waals surface area contributed by atoms with E-state index < -0.39 is 10.0 Å². The van der Waals surface area contributed by atoms with Crippen molar-refractivity contribution in [2.24, 2.45) is 0 Å². The second kappa shape index (κ2) is 5.27. The van der Waals surface area contributed by atoms with Crippen molar-refractivity contribution in [3.63, 3.8) is 0 Å². The zero-order valence-electron chi connectivity index (χ0n) is 11.7. The van der Waals surface area contributed by atoms with E-state index in [2.05, 4.69) is 9.97 Å². The molecule has 0 unspecified atom stereocenters. The van der Waals surface area contributed by atoms with Gasteiger partial charge in [-0.15, -0.1) is 0 Å². The highest BCUT2D eigenvalue weighted by molar-refractivity contribution is 7.92. The largest absolute Gasteiger partial charge is 0.351 e. The summed E-state index contributed by atoms with van der Waals surface area (Å²) in [7, 11) is -2.25. The van der Waals surface area contributed by atoms with E-state index in [0.717, 1.165) is 5.39 Å². The number of aromatic amines is 1. The van der Waals surface area contributed by atoms with Crippen molar-refractivity contribution in [2.45, 2.75) is 4.90 Å². The van der Waals surface area contributed by atoms with Crippen LogP contribution in [0.25, 0.3) is 10.9 Å². The molecule has 1 aromatic carbocycles. The van der Waals surface area contributed by atoms with Crippen molar-refractivity contribution in [1.29, 1.82) is 0 Å². The van der Waals surface area contributed by atoms with Gasteiger partial charge in [0.15, 0.2) is 6.29 Å². The number of para-hydroxylation sites is 1. The molecule has 0 aliphatic heterocycles. The molecule has 0 spiro atoms. The number of anilines is 1. The molecule has 3 aromatic rings. The molecule has 0 fully saturated rings. The fraction of sp³-hybridized carbons (Fsp3) is 0.0667. The number of sulfonamides is 1. The molecule has 0 amide bonds. The van der Waals surface area contributed by atoms with Crippen molar-refractivity contribution < 1.29 is 13.2 Å². The normalized spacial score (nSPS) is 11.5. The smallest absolute Gasteiger partial charge is 0.265 e. The SMILES string of the molecule is CN(c1cccc2cc(C=O)[nH]c12)S(=O)(=O)c1cccnc1. The van der Waals surface area contributed by atoms with Crippen LogP contribution in [0.3, 0.4) is 0 Å². The summed E-state index contributed by atoms with van der Waals surface area (Å²) in [4.78, 5) is 17.8. The van der Waals surface area contributed by atoms with Crippen LogP contribution in [0.2, 0.25) is 0 Å². The second-order valence-electron chi connectivity index (χ2n) is 4.75. The average molecular weight is 315 g/mol. The van der Waals surface area contributed by atoms with Gasteiger partial charge in [0.25, 0.3) is 10.0 Å². The van der Waals surface area contributed by atoms with Gasteiger partial charge >= 0.3 is 0 Å². The van der Waals surface area contributed by atoms with E-state index in [4.69, 9.17) is 0 Å². The standard InChI is InChI=1S/C15H13N3O3S/c1-18(22(20,21)13-5-3-7-16-9-13)14-6-2-4-11-8-12(10-19)17-15(11)14/h2-10,17H,1H3.